The van der Waals surface area contributed by atoms with E-state index in [0.29, 0.717) is 6.61 Å². The molecule has 4 heteroatoms. The fraction of sp³-hybridized carbons (Fsp3) is 0.417. The third kappa shape index (κ3) is 2.17. The highest BCUT2D eigenvalue weighted by Gasteiger charge is 2.44. The molecule has 0 aliphatic carbocycles. The average Bonchev–Trinajstić information content (AvgIpc) is 3.09. The SMILES string of the molecule is CCOC(=O)[C@@H]1N[C@H]1c1ccc(OC)cc1. The van der Waals surface area contributed by atoms with Crippen LogP contribution in [-0.4, -0.2) is 25.7 Å². The van der Waals surface area contributed by atoms with Gasteiger partial charge in [0.25, 0.3) is 0 Å². The molecule has 1 aromatic rings. The number of hydrogen-bond donors (Lipinski definition) is 1. The molecule has 0 unspecified atom stereocenters. The van der Waals surface area contributed by atoms with Gasteiger partial charge in [-0.2, -0.15) is 0 Å². The molecule has 1 heterocycles. The Morgan fingerprint density at radius 2 is 2.06 bits per heavy atom. The Hall–Kier alpha value is -1.55. The van der Waals surface area contributed by atoms with Crippen LogP contribution in [0.1, 0.15) is 18.5 Å². The standard InChI is InChI=1S/C12H15NO3/c1-3-16-12(14)11-10(13-11)8-4-6-9(15-2)7-5-8/h4-7,10-11,13H,3H2,1-2H3/t10-,11+/m0/s1. The molecule has 0 bridgehead atoms. The van der Waals surface area contributed by atoms with Gasteiger partial charge in [0.2, 0.25) is 0 Å². The van der Waals surface area contributed by atoms with Gasteiger partial charge in [0.05, 0.1) is 19.8 Å². The van der Waals surface area contributed by atoms with E-state index in [2.05, 4.69) is 5.32 Å². The van der Waals surface area contributed by atoms with E-state index < -0.39 is 0 Å². The molecule has 4 nitrogen and oxygen atoms in total. The third-order valence-corrected chi connectivity index (χ3v) is 2.60. The van der Waals surface area contributed by atoms with Crippen LogP contribution in [0, 0.1) is 0 Å². The molecule has 0 aromatic heterocycles. The fourth-order valence-electron chi connectivity index (χ4n) is 1.67. The van der Waals surface area contributed by atoms with E-state index in [1.54, 1.807) is 7.11 Å². The van der Waals surface area contributed by atoms with Crippen molar-refractivity contribution in [3.05, 3.63) is 29.8 Å². The molecule has 1 aliphatic rings. The van der Waals surface area contributed by atoms with Crippen molar-refractivity contribution >= 4 is 5.97 Å². The largest absolute Gasteiger partial charge is 0.497 e. The second kappa shape index (κ2) is 4.53. The molecule has 1 aromatic carbocycles. The number of carbonyl (C=O) groups excluding carboxylic acids is 1. The van der Waals surface area contributed by atoms with Gasteiger partial charge in [-0.1, -0.05) is 12.1 Å². The second-order valence-corrected chi connectivity index (χ2v) is 3.65. The number of ether oxygens (including phenoxy) is 2. The molecular weight excluding hydrogens is 206 g/mol. The van der Waals surface area contributed by atoms with Crippen molar-refractivity contribution in [2.24, 2.45) is 0 Å². The molecule has 16 heavy (non-hydrogen) atoms. The summed E-state index contributed by atoms with van der Waals surface area (Å²) >= 11 is 0. The van der Waals surface area contributed by atoms with Gasteiger partial charge >= 0.3 is 5.97 Å². The Bertz CT molecular complexity index is 374. The first-order chi connectivity index (χ1) is 7.76. The van der Waals surface area contributed by atoms with E-state index >= 15 is 0 Å². The topological polar surface area (TPSA) is 57.5 Å². The van der Waals surface area contributed by atoms with Gasteiger partial charge in [-0.05, 0) is 24.6 Å². The van der Waals surface area contributed by atoms with Crippen LogP contribution in [0.4, 0.5) is 0 Å². The molecule has 86 valence electrons. The first-order valence-electron chi connectivity index (χ1n) is 5.33. The van der Waals surface area contributed by atoms with E-state index in [9.17, 15) is 4.79 Å². The molecule has 1 saturated heterocycles. The van der Waals surface area contributed by atoms with Crippen LogP contribution in [0.25, 0.3) is 0 Å². The Labute approximate surface area is 94.6 Å². The summed E-state index contributed by atoms with van der Waals surface area (Å²) in [5.74, 6) is 0.639. The van der Waals surface area contributed by atoms with E-state index in [1.807, 2.05) is 31.2 Å². The van der Waals surface area contributed by atoms with Crippen molar-refractivity contribution in [3.63, 3.8) is 0 Å². The maximum Gasteiger partial charge on any atom is 0.325 e. The molecular formula is C12H15NO3. The predicted molar refractivity (Wildman–Crippen MR) is 59.3 cm³/mol. The van der Waals surface area contributed by atoms with E-state index in [4.69, 9.17) is 9.47 Å². The molecule has 2 rings (SSSR count). The van der Waals surface area contributed by atoms with Crippen molar-refractivity contribution in [1.82, 2.24) is 5.32 Å². The summed E-state index contributed by atoms with van der Waals surface area (Å²) in [7, 11) is 1.63. The zero-order valence-electron chi connectivity index (χ0n) is 9.40. The summed E-state index contributed by atoms with van der Waals surface area (Å²) in [5, 5.41) is 3.09. The van der Waals surface area contributed by atoms with Gasteiger partial charge in [-0.3, -0.25) is 10.1 Å². The Morgan fingerprint density at radius 1 is 1.38 bits per heavy atom. The Morgan fingerprint density at radius 3 is 2.62 bits per heavy atom. The molecule has 0 spiro atoms. The zero-order valence-corrected chi connectivity index (χ0v) is 9.40. The van der Waals surface area contributed by atoms with Crippen LogP contribution >= 0.6 is 0 Å². The first-order valence-corrected chi connectivity index (χ1v) is 5.33. The minimum atomic E-state index is -0.187. The van der Waals surface area contributed by atoms with E-state index in [0.717, 1.165) is 11.3 Å². The second-order valence-electron chi connectivity index (χ2n) is 3.65. The number of rotatable bonds is 4. The normalized spacial score (nSPS) is 22.6. The van der Waals surface area contributed by atoms with Gasteiger partial charge < -0.3 is 9.47 Å². The van der Waals surface area contributed by atoms with Gasteiger partial charge in [0.15, 0.2) is 0 Å². The highest BCUT2D eigenvalue weighted by molar-refractivity contribution is 5.80. The maximum atomic E-state index is 11.4. The number of nitrogens with one attached hydrogen (secondary N) is 1. The smallest absolute Gasteiger partial charge is 0.325 e. The summed E-state index contributed by atoms with van der Waals surface area (Å²) in [6, 6.07) is 7.58. The van der Waals surface area contributed by atoms with Crippen LogP contribution in [0.15, 0.2) is 24.3 Å². The zero-order chi connectivity index (χ0) is 11.5. The molecule has 2 atom stereocenters. The lowest BCUT2D eigenvalue weighted by Gasteiger charge is -2.01. The summed E-state index contributed by atoms with van der Waals surface area (Å²) in [4.78, 5) is 11.4. The van der Waals surface area contributed by atoms with Gasteiger partial charge in [0, 0.05) is 0 Å². The minimum absolute atomic E-state index is 0.0879. The third-order valence-electron chi connectivity index (χ3n) is 2.60. The number of methoxy groups -OCH3 is 1. The summed E-state index contributed by atoms with van der Waals surface area (Å²) in [6.45, 7) is 2.23. The van der Waals surface area contributed by atoms with Crippen LogP contribution < -0.4 is 10.1 Å². The summed E-state index contributed by atoms with van der Waals surface area (Å²) in [5.41, 5.74) is 1.08. The van der Waals surface area contributed by atoms with Gasteiger partial charge in [-0.25, -0.2) is 0 Å². The summed E-state index contributed by atoms with van der Waals surface area (Å²) < 4.78 is 10.0. The average molecular weight is 221 g/mol. The van der Waals surface area contributed by atoms with Gasteiger partial charge in [0.1, 0.15) is 11.8 Å². The van der Waals surface area contributed by atoms with Crippen LogP contribution in [0.3, 0.4) is 0 Å². The molecule has 0 saturated carbocycles. The van der Waals surface area contributed by atoms with Crippen molar-refractivity contribution in [3.8, 4) is 5.75 Å². The number of benzene rings is 1. The van der Waals surface area contributed by atoms with Crippen molar-refractivity contribution in [2.45, 2.75) is 19.0 Å². The molecule has 1 fully saturated rings. The Kier molecular flexibility index (Phi) is 3.10. The van der Waals surface area contributed by atoms with E-state index in [1.165, 1.54) is 0 Å². The number of esters is 1. The molecule has 1 N–H and O–H groups in total. The van der Waals surface area contributed by atoms with Crippen LogP contribution in [0.2, 0.25) is 0 Å². The lowest BCUT2D eigenvalue weighted by Crippen LogP contribution is -2.13. The predicted octanol–water partition coefficient (Wildman–Crippen LogP) is 1.27. The highest BCUT2D eigenvalue weighted by atomic mass is 16.5. The lowest BCUT2D eigenvalue weighted by molar-refractivity contribution is -0.142. The number of carbonyl (C=O) groups is 1. The highest BCUT2D eigenvalue weighted by Crippen LogP contribution is 2.31. The van der Waals surface area contributed by atoms with Crippen LogP contribution in [0.5, 0.6) is 5.75 Å². The van der Waals surface area contributed by atoms with Crippen LogP contribution in [-0.2, 0) is 9.53 Å². The minimum Gasteiger partial charge on any atom is -0.497 e. The quantitative estimate of drug-likeness (QED) is 0.614. The Balaban J connectivity index is 1.97. The fourth-order valence-corrected chi connectivity index (χ4v) is 1.67. The lowest BCUT2D eigenvalue weighted by atomic mass is 10.1. The van der Waals surface area contributed by atoms with Crippen molar-refractivity contribution in [2.75, 3.05) is 13.7 Å². The molecule has 1 aliphatic heterocycles. The van der Waals surface area contributed by atoms with Gasteiger partial charge in [-0.15, -0.1) is 0 Å². The molecule has 0 amide bonds. The molecule has 0 radical (unpaired) electrons. The maximum absolute atomic E-state index is 11.4. The van der Waals surface area contributed by atoms with Crippen molar-refractivity contribution < 1.29 is 14.3 Å². The monoisotopic (exact) mass is 221 g/mol. The number of hydrogen-bond acceptors (Lipinski definition) is 4. The van der Waals surface area contributed by atoms with E-state index in [-0.39, 0.29) is 18.1 Å². The van der Waals surface area contributed by atoms with Crippen molar-refractivity contribution in [1.29, 1.82) is 0 Å². The summed E-state index contributed by atoms with van der Waals surface area (Å²) in [6.07, 6.45) is 0. The first kappa shape index (κ1) is 11.0.